The smallest absolute Gasteiger partial charge is 0.337 e. The molecular formula is C15H21N3O4S. The van der Waals surface area contributed by atoms with E-state index in [0.29, 0.717) is 23.4 Å². The molecule has 23 heavy (non-hydrogen) atoms. The van der Waals surface area contributed by atoms with Crippen molar-refractivity contribution < 1.29 is 19.1 Å². The second-order valence-electron chi connectivity index (χ2n) is 4.85. The predicted molar refractivity (Wildman–Crippen MR) is 90.7 cm³/mol. The molecular weight excluding hydrogens is 318 g/mol. The van der Waals surface area contributed by atoms with Crippen LogP contribution in [0.3, 0.4) is 0 Å². The van der Waals surface area contributed by atoms with Crippen LogP contribution in [0.2, 0.25) is 0 Å². The summed E-state index contributed by atoms with van der Waals surface area (Å²) in [6, 6.07) is 3.37. The molecule has 1 rings (SSSR count). The fourth-order valence-corrected chi connectivity index (χ4v) is 2.37. The Bertz CT molecular complexity index is 592. The number of carbonyl (C=O) groups is 3. The van der Waals surface area contributed by atoms with Crippen LogP contribution < -0.4 is 16.4 Å². The van der Waals surface area contributed by atoms with E-state index >= 15 is 0 Å². The number of hydrogen-bond acceptors (Lipinski definition) is 5. The summed E-state index contributed by atoms with van der Waals surface area (Å²) >= 11 is 1.56. The normalized spacial score (nSPS) is 11.4. The number of amides is 3. The first kappa shape index (κ1) is 18.8. The monoisotopic (exact) mass is 339 g/mol. The zero-order chi connectivity index (χ0) is 17.4. The maximum Gasteiger partial charge on any atom is 0.337 e. The average molecular weight is 339 g/mol. The van der Waals surface area contributed by atoms with Crippen LogP contribution in [0, 0.1) is 6.92 Å². The number of ether oxygens (including phenoxy) is 1. The molecule has 126 valence electrons. The van der Waals surface area contributed by atoms with Gasteiger partial charge in [0.05, 0.1) is 12.7 Å². The van der Waals surface area contributed by atoms with Crippen molar-refractivity contribution in [3.8, 4) is 0 Å². The first-order valence-corrected chi connectivity index (χ1v) is 8.33. The van der Waals surface area contributed by atoms with Gasteiger partial charge < -0.3 is 21.1 Å². The van der Waals surface area contributed by atoms with Crippen LogP contribution in [0.4, 0.5) is 10.5 Å². The Morgan fingerprint density at radius 2 is 2.04 bits per heavy atom. The molecule has 1 atom stereocenters. The van der Waals surface area contributed by atoms with Gasteiger partial charge in [0.15, 0.2) is 0 Å². The molecule has 0 aliphatic carbocycles. The molecule has 7 nitrogen and oxygen atoms in total. The Kier molecular flexibility index (Phi) is 7.40. The first-order chi connectivity index (χ1) is 10.9. The van der Waals surface area contributed by atoms with E-state index in [1.54, 1.807) is 30.8 Å². The van der Waals surface area contributed by atoms with E-state index in [1.165, 1.54) is 13.2 Å². The SMILES string of the molecule is COC(=O)c1ccc(C)c(NC(=O)C(CCSC)NC(N)=O)c1. The van der Waals surface area contributed by atoms with Crippen LogP contribution in [-0.4, -0.2) is 43.1 Å². The van der Waals surface area contributed by atoms with Gasteiger partial charge in [-0.05, 0) is 43.0 Å². The molecule has 0 saturated carbocycles. The Morgan fingerprint density at radius 3 is 2.61 bits per heavy atom. The number of thioether (sulfide) groups is 1. The molecule has 1 unspecified atom stereocenters. The van der Waals surface area contributed by atoms with E-state index in [9.17, 15) is 14.4 Å². The molecule has 0 bridgehead atoms. The Balaban J connectivity index is 2.92. The highest BCUT2D eigenvalue weighted by Gasteiger charge is 2.20. The zero-order valence-electron chi connectivity index (χ0n) is 13.3. The number of primary amides is 1. The highest BCUT2D eigenvalue weighted by Crippen LogP contribution is 2.18. The Labute approximate surface area is 139 Å². The number of benzene rings is 1. The number of aryl methyl sites for hydroxylation is 1. The lowest BCUT2D eigenvalue weighted by atomic mass is 10.1. The van der Waals surface area contributed by atoms with Crippen LogP contribution in [0.25, 0.3) is 0 Å². The van der Waals surface area contributed by atoms with Crippen molar-refractivity contribution >= 4 is 35.4 Å². The molecule has 1 aromatic carbocycles. The molecule has 0 radical (unpaired) electrons. The first-order valence-electron chi connectivity index (χ1n) is 6.93. The van der Waals surface area contributed by atoms with Crippen molar-refractivity contribution in [2.75, 3.05) is 24.4 Å². The summed E-state index contributed by atoms with van der Waals surface area (Å²) in [5.41, 5.74) is 6.71. The lowest BCUT2D eigenvalue weighted by Gasteiger charge is -2.18. The van der Waals surface area contributed by atoms with Gasteiger partial charge in [-0.25, -0.2) is 9.59 Å². The average Bonchev–Trinajstić information content (AvgIpc) is 2.52. The number of esters is 1. The van der Waals surface area contributed by atoms with Crippen molar-refractivity contribution in [2.24, 2.45) is 5.73 Å². The van der Waals surface area contributed by atoms with Gasteiger partial charge in [-0.1, -0.05) is 6.07 Å². The van der Waals surface area contributed by atoms with E-state index in [2.05, 4.69) is 15.4 Å². The minimum Gasteiger partial charge on any atom is -0.465 e. The molecule has 3 amide bonds. The van der Waals surface area contributed by atoms with Crippen LogP contribution in [0.15, 0.2) is 18.2 Å². The van der Waals surface area contributed by atoms with Crippen molar-refractivity contribution in [2.45, 2.75) is 19.4 Å². The molecule has 0 fully saturated rings. The maximum atomic E-state index is 12.4. The number of carbonyl (C=O) groups excluding carboxylic acids is 3. The lowest BCUT2D eigenvalue weighted by molar-refractivity contribution is -0.117. The molecule has 4 N–H and O–H groups in total. The standard InChI is InChI=1S/C15H21N3O4S/c1-9-4-5-10(14(20)22-2)8-12(9)17-13(19)11(6-7-23-3)18-15(16)21/h4-5,8,11H,6-7H2,1-3H3,(H,17,19)(H3,16,18,21). The third-order valence-corrected chi connectivity index (χ3v) is 3.80. The number of urea groups is 1. The van der Waals surface area contributed by atoms with E-state index in [4.69, 9.17) is 5.73 Å². The summed E-state index contributed by atoms with van der Waals surface area (Å²) in [5.74, 6) is -0.183. The number of hydrogen-bond donors (Lipinski definition) is 3. The predicted octanol–water partition coefficient (Wildman–Crippen LogP) is 1.51. The van der Waals surface area contributed by atoms with Gasteiger partial charge in [0, 0.05) is 5.69 Å². The second-order valence-corrected chi connectivity index (χ2v) is 5.84. The minimum atomic E-state index is -0.758. The van der Waals surface area contributed by atoms with E-state index in [0.717, 1.165) is 5.56 Å². The van der Waals surface area contributed by atoms with E-state index in [1.807, 2.05) is 6.26 Å². The van der Waals surface area contributed by atoms with Crippen LogP contribution in [0.5, 0.6) is 0 Å². The number of nitrogens with one attached hydrogen (secondary N) is 2. The largest absolute Gasteiger partial charge is 0.465 e. The number of rotatable bonds is 7. The fraction of sp³-hybridized carbons (Fsp3) is 0.400. The highest BCUT2D eigenvalue weighted by atomic mass is 32.2. The molecule has 0 heterocycles. The fourth-order valence-electron chi connectivity index (χ4n) is 1.90. The molecule has 0 spiro atoms. The van der Waals surface area contributed by atoms with Gasteiger partial charge in [-0.15, -0.1) is 0 Å². The summed E-state index contributed by atoms with van der Waals surface area (Å²) < 4.78 is 4.66. The van der Waals surface area contributed by atoms with Gasteiger partial charge in [0.25, 0.3) is 0 Å². The van der Waals surface area contributed by atoms with E-state index in [-0.39, 0.29) is 5.91 Å². The van der Waals surface area contributed by atoms with Crippen molar-refractivity contribution in [1.29, 1.82) is 0 Å². The van der Waals surface area contributed by atoms with Gasteiger partial charge in [-0.2, -0.15) is 11.8 Å². The van der Waals surface area contributed by atoms with Gasteiger partial charge in [-0.3, -0.25) is 4.79 Å². The molecule has 8 heteroatoms. The molecule has 0 aliphatic rings. The summed E-state index contributed by atoms with van der Waals surface area (Å²) in [5, 5.41) is 5.14. The topological polar surface area (TPSA) is 111 Å². The van der Waals surface area contributed by atoms with Gasteiger partial charge in [0.2, 0.25) is 5.91 Å². The minimum absolute atomic E-state index is 0.330. The Hall–Kier alpha value is -2.22. The van der Waals surface area contributed by atoms with Crippen LogP contribution in [-0.2, 0) is 9.53 Å². The molecule has 0 aliphatic heterocycles. The molecule has 0 aromatic heterocycles. The third-order valence-electron chi connectivity index (χ3n) is 3.16. The van der Waals surface area contributed by atoms with Crippen molar-refractivity contribution in [3.63, 3.8) is 0 Å². The van der Waals surface area contributed by atoms with E-state index < -0.39 is 18.0 Å². The lowest BCUT2D eigenvalue weighted by Crippen LogP contribution is -2.46. The molecule has 0 saturated heterocycles. The van der Waals surface area contributed by atoms with Gasteiger partial charge in [0.1, 0.15) is 6.04 Å². The van der Waals surface area contributed by atoms with Crippen molar-refractivity contribution in [1.82, 2.24) is 5.32 Å². The zero-order valence-corrected chi connectivity index (χ0v) is 14.2. The summed E-state index contributed by atoms with van der Waals surface area (Å²) in [6.07, 6.45) is 2.36. The van der Waals surface area contributed by atoms with Crippen LogP contribution in [0.1, 0.15) is 22.3 Å². The summed E-state index contributed by atoms with van der Waals surface area (Å²) in [7, 11) is 1.29. The summed E-state index contributed by atoms with van der Waals surface area (Å²) in [4.78, 5) is 35.0. The third kappa shape index (κ3) is 5.82. The number of anilines is 1. The number of methoxy groups -OCH3 is 1. The molecule has 1 aromatic rings. The van der Waals surface area contributed by atoms with Gasteiger partial charge >= 0.3 is 12.0 Å². The summed E-state index contributed by atoms with van der Waals surface area (Å²) in [6.45, 7) is 1.80. The van der Waals surface area contributed by atoms with Crippen molar-refractivity contribution in [3.05, 3.63) is 29.3 Å². The number of nitrogens with two attached hydrogens (primary N) is 1. The highest BCUT2D eigenvalue weighted by molar-refractivity contribution is 7.98. The second kappa shape index (κ2) is 9.04. The Morgan fingerprint density at radius 1 is 1.35 bits per heavy atom. The van der Waals surface area contributed by atoms with Crippen LogP contribution >= 0.6 is 11.8 Å². The quantitative estimate of drug-likeness (QED) is 0.652. The maximum absolute atomic E-state index is 12.4.